The molecule has 0 aliphatic rings. The molecule has 0 saturated carbocycles. The van der Waals surface area contributed by atoms with Gasteiger partial charge in [-0.1, -0.05) is 18.2 Å². The molecule has 0 aromatic heterocycles. The third kappa shape index (κ3) is 3.34. The molecule has 2 rings (SSSR count). The number of ether oxygens (including phenoxy) is 2. The molecule has 0 N–H and O–H groups in total. The quantitative estimate of drug-likeness (QED) is 0.452. The third-order valence-electron chi connectivity index (χ3n) is 2.91. The standard InChI is InChI=1S/C14H13NO7S/c1-20-11-7-5-8-12(21-2)14(11)22-23(18,19)13-9-4-3-6-10(13)15(16)17/h3-9H,1-2H3. The van der Waals surface area contributed by atoms with Gasteiger partial charge in [-0.15, -0.1) is 0 Å². The molecule has 0 aliphatic carbocycles. The summed E-state index contributed by atoms with van der Waals surface area (Å²) < 4.78 is 40.0. The van der Waals surface area contributed by atoms with E-state index in [4.69, 9.17) is 13.7 Å². The van der Waals surface area contributed by atoms with Gasteiger partial charge in [0.05, 0.1) is 19.1 Å². The van der Waals surface area contributed by atoms with E-state index in [0.29, 0.717) is 0 Å². The van der Waals surface area contributed by atoms with Crippen LogP contribution in [-0.4, -0.2) is 27.6 Å². The van der Waals surface area contributed by atoms with E-state index >= 15 is 0 Å². The number of nitro benzene ring substituents is 1. The minimum Gasteiger partial charge on any atom is -0.493 e. The summed E-state index contributed by atoms with van der Waals surface area (Å²) in [6.45, 7) is 0. The first-order valence-corrected chi connectivity index (χ1v) is 7.70. The lowest BCUT2D eigenvalue weighted by atomic mass is 10.3. The van der Waals surface area contributed by atoms with E-state index in [0.717, 1.165) is 12.1 Å². The van der Waals surface area contributed by atoms with Crippen molar-refractivity contribution in [2.24, 2.45) is 0 Å². The summed E-state index contributed by atoms with van der Waals surface area (Å²) in [6, 6.07) is 9.44. The van der Waals surface area contributed by atoms with E-state index in [9.17, 15) is 18.5 Å². The Labute approximate surface area is 132 Å². The monoisotopic (exact) mass is 339 g/mol. The summed E-state index contributed by atoms with van der Waals surface area (Å²) >= 11 is 0. The molecule has 8 nitrogen and oxygen atoms in total. The average molecular weight is 339 g/mol. The molecule has 0 atom stereocenters. The number of methoxy groups -OCH3 is 2. The highest BCUT2D eigenvalue weighted by Crippen LogP contribution is 2.39. The van der Waals surface area contributed by atoms with E-state index in [1.54, 1.807) is 6.07 Å². The molecule has 0 bridgehead atoms. The number of nitro groups is 1. The first-order valence-electron chi connectivity index (χ1n) is 6.29. The Morgan fingerprint density at radius 2 is 1.52 bits per heavy atom. The van der Waals surface area contributed by atoms with Gasteiger partial charge in [0.15, 0.2) is 16.4 Å². The van der Waals surface area contributed by atoms with Crippen molar-refractivity contribution in [3.8, 4) is 17.2 Å². The van der Waals surface area contributed by atoms with Crippen LogP contribution < -0.4 is 13.7 Å². The zero-order chi connectivity index (χ0) is 17.0. The van der Waals surface area contributed by atoms with Crippen molar-refractivity contribution in [1.29, 1.82) is 0 Å². The smallest absolute Gasteiger partial charge is 0.346 e. The van der Waals surface area contributed by atoms with Crippen molar-refractivity contribution in [2.45, 2.75) is 4.90 Å². The van der Waals surface area contributed by atoms with Crippen molar-refractivity contribution in [3.63, 3.8) is 0 Å². The van der Waals surface area contributed by atoms with Gasteiger partial charge in [-0.2, -0.15) is 8.42 Å². The molecule has 0 spiro atoms. The Balaban J connectivity index is 2.54. The van der Waals surface area contributed by atoms with Crippen LogP contribution in [-0.2, 0) is 10.1 Å². The number of hydrogen-bond acceptors (Lipinski definition) is 7. The molecule has 2 aromatic rings. The van der Waals surface area contributed by atoms with Crippen molar-refractivity contribution < 1.29 is 27.0 Å². The lowest BCUT2D eigenvalue weighted by Gasteiger charge is -2.13. The van der Waals surface area contributed by atoms with Crippen LogP contribution in [0.1, 0.15) is 0 Å². The fraction of sp³-hybridized carbons (Fsp3) is 0.143. The predicted molar refractivity (Wildman–Crippen MR) is 80.5 cm³/mol. The number of rotatable bonds is 6. The summed E-state index contributed by atoms with van der Waals surface area (Å²) in [5, 5.41) is 11.0. The van der Waals surface area contributed by atoms with Gasteiger partial charge in [0.25, 0.3) is 5.69 Å². The molecular weight excluding hydrogens is 326 g/mol. The Kier molecular flexibility index (Phi) is 4.70. The normalized spacial score (nSPS) is 10.9. The molecule has 0 radical (unpaired) electrons. The van der Waals surface area contributed by atoms with Gasteiger partial charge in [0.1, 0.15) is 0 Å². The van der Waals surface area contributed by atoms with Gasteiger partial charge in [-0.05, 0) is 18.2 Å². The highest BCUT2D eigenvalue weighted by atomic mass is 32.2. The van der Waals surface area contributed by atoms with Gasteiger partial charge in [0, 0.05) is 6.07 Å². The maximum Gasteiger partial charge on any atom is 0.346 e. The van der Waals surface area contributed by atoms with Gasteiger partial charge < -0.3 is 13.7 Å². The van der Waals surface area contributed by atoms with Crippen LogP contribution in [0, 0.1) is 10.1 Å². The number of nitrogens with zero attached hydrogens (tertiary/aromatic N) is 1. The summed E-state index contributed by atoms with van der Waals surface area (Å²) in [5.41, 5.74) is -0.582. The first kappa shape index (κ1) is 16.6. The maximum absolute atomic E-state index is 12.4. The Hall–Kier alpha value is -2.81. The Morgan fingerprint density at radius 3 is 2.04 bits per heavy atom. The summed E-state index contributed by atoms with van der Waals surface area (Å²) in [5.74, 6) is 0.0497. The number of para-hydroxylation sites is 2. The molecule has 9 heteroatoms. The maximum atomic E-state index is 12.4. The van der Waals surface area contributed by atoms with Crippen LogP contribution in [0.4, 0.5) is 5.69 Å². The third-order valence-corrected chi connectivity index (χ3v) is 4.18. The summed E-state index contributed by atoms with van der Waals surface area (Å²) in [6.07, 6.45) is 0. The Morgan fingerprint density at radius 1 is 0.957 bits per heavy atom. The molecule has 0 heterocycles. The van der Waals surface area contributed by atoms with Gasteiger partial charge >= 0.3 is 10.1 Å². The van der Waals surface area contributed by atoms with Crippen LogP contribution in [0.25, 0.3) is 0 Å². The second-order valence-corrected chi connectivity index (χ2v) is 5.77. The fourth-order valence-electron chi connectivity index (χ4n) is 1.87. The molecule has 0 aliphatic heterocycles. The van der Waals surface area contributed by atoms with E-state index < -0.39 is 25.6 Å². The van der Waals surface area contributed by atoms with Gasteiger partial charge in [-0.3, -0.25) is 10.1 Å². The highest BCUT2D eigenvalue weighted by Gasteiger charge is 2.29. The second-order valence-electron chi connectivity index (χ2n) is 4.25. The highest BCUT2D eigenvalue weighted by molar-refractivity contribution is 7.87. The fourth-order valence-corrected chi connectivity index (χ4v) is 2.99. The van der Waals surface area contributed by atoms with Crippen LogP contribution >= 0.6 is 0 Å². The lowest BCUT2D eigenvalue weighted by Crippen LogP contribution is -2.13. The van der Waals surface area contributed by atoms with E-state index in [-0.39, 0.29) is 17.2 Å². The minimum absolute atomic E-state index is 0.117. The summed E-state index contributed by atoms with van der Waals surface area (Å²) in [7, 11) is -1.79. The molecule has 122 valence electrons. The first-order chi connectivity index (χ1) is 10.9. The summed E-state index contributed by atoms with van der Waals surface area (Å²) in [4.78, 5) is 9.65. The predicted octanol–water partition coefficient (Wildman–Crippen LogP) is 2.38. The largest absolute Gasteiger partial charge is 0.493 e. The van der Waals surface area contributed by atoms with Crippen LogP contribution in [0.15, 0.2) is 47.4 Å². The van der Waals surface area contributed by atoms with Crippen molar-refractivity contribution >= 4 is 15.8 Å². The molecule has 23 heavy (non-hydrogen) atoms. The second kappa shape index (κ2) is 6.53. The number of benzene rings is 2. The van der Waals surface area contributed by atoms with Crippen molar-refractivity contribution in [3.05, 3.63) is 52.6 Å². The van der Waals surface area contributed by atoms with Crippen LogP contribution in [0.5, 0.6) is 17.2 Å². The van der Waals surface area contributed by atoms with Crippen molar-refractivity contribution in [1.82, 2.24) is 0 Å². The zero-order valence-corrected chi connectivity index (χ0v) is 13.1. The van der Waals surface area contributed by atoms with Gasteiger partial charge in [-0.25, -0.2) is 0 Å². The topological polar surface area (TPSA) is 105 Å². The van der Waals surface area contributed by atoms with E-state index in [1.807, 2.05) is 0 Å². The number of hydrogen-bond donors (Lipinski definition) is 0. The average Bonchev–Trinajstić information content (AvgIpc) is 2.54. The van der Waals surface area contributed by atoms with Crippen molar-refractivity contribution in [2.75, 3.05) is 14.2 Å². The molecular formula is C14H13NO7S. The molecule has 0 saturated heterocycles. The van der Waals surface area contributed by atoms with Crippen LogP contribution in [0.3, 0.4) is 0 Å². The Bertz CT molecular complexity index is 811. The van der Waals surface area contributed by atoms with E-state index in [2.05, 4.69) is 0 Å². The molecule has 2 aromatic carbocycles. The van der Waals surface area contributed by atoms with Crippen LogP contribution in [0.2, 0.25) is 0 Å². The minimum atomic E-state index is -4.46. The zero-order valence-electron chi connectivity index (χ0n) is 12.3. The van der Waals surface area contributed by atoms with E-state index in [1.165, 1.54) is 38.5 Å². The SMILES string of the molecule is COc1cccc(OC)c1OS(=O)(=O)c1ccccc1[N+](=O)[O-]. The molecule has 0 amide bonds. The lowest BCUT2D eigenvalue weighted by molar-refractivity contribution is -0.387. The van der Waals surface area contributed by atoms with Gasteiger partial charge in [0.2, 0.25) is 5.75 Å². The molecule has 0 fully saturated rings. The molecule has 0 unspecified atom stereocenters.